The summed E-state index contributed by atoms with van der Waals surface area (Å²) in [5.74, 6) is 1.82. The Labute approximate surface area is 167 Å². The fourth-order valence-electron chi connectivity index (χ4n) is 6.46. The molecule has 5 aliphatic rings. The predicted octanol–water partition coefficient (Wildman–Crippen LogP) is 1.23. The first-order chi connectivity index (χ1) is 13.7. The van der Waals surface area contributed by atoms with Crippen molar-refractivity contribution < 1.29 is 14.3 Å². The van der Waals surface area contributed by atoms with Crippen LogP contribution in [0.2, 0.25) is 0 Å². The highest BCUT2D eigenvalue weighted by Gasteiger charge is 2.65. The standard InChI is InChI=1S/C21H34N4O3/c1-22-20(23-17-15-6-14-28-18(15)21(17)7-2-3-8-21)25-11-9-24(10-12-25)19(26)16-5-4-13-27-16/h15-18H,2-14H2,1H3,(H,22,23). The van der Waals surface area contributed by atoms with Gasteiger partial charge in [0.2, 0.25) is 0 Å². The minimum Gasteiger partial charge on any atom is -0.377 e. The van der Waals surface area contributed by atoms with Gasteiger partial charge in [-0.3, -0.25) is 9.79 Å². The van der Waals surface area contributed by atoms with E-state index in [-0.39, 0.29) is 12.0 Å². The van der Waals surface area contributed by atoms with Crippen LogP contribution < -0.4 is 5.32 Å². The summed E-state index contributed by atoms with van der Waals surface area (Å²) in [4.78, 5) is 21.5. The first-order valence-electron chi connectivity index (χ1n) is 11.2. The second-order valence-electron chi connectivity index (χ2n) is 9.17. The first-order valence-corrected chi connectivity index (χ1v) is 11.2. The third-order valence-corrected chi connectivity index (χ3v) is 7.88. The molecule has 28 heavy (non-hydrogen) atoms. The summed E-state index contributed by atoms with van der Waals surface area (Å²) >= 11 is 0. The molecule has 1 spiro atoms. The van der Waals surface area contributed by atoms with Crippen molar-refractivity contribution in [2.45, 2.75) is 63.2 Å². The fourth-order valence-corrected chi connectivity index (χ4v) is 6.46. The number of ether oxygens (including phenoxy) is 2. The lowest BCUT2D eigenvalue weighted by molar-refractivity contribution is -0.142. The molecule has 0 radical (unpaired) electrons. The number of aliphatic imine (C=N–C) groups is 1. The van der Waals surface area contributed by atoms with Crippen LogP contribution in [-0.2, 0) is 14.3 Å². The summed E-state index contributed by atoms with van der Waals surface area (Å²) in [5.41, 5.74) is 0.328. The predicted molar refractivity (Wildman–Crippen MR) is 106 cm³/mol. The van der Waals surface area contributed by atoms with Crippen molar-refractivity contribution in [2.24, 2.45) is 16.3 Å². The Morgan fingerprint density at radius 1 is 1.00 bits per heavy atom. The number of fused-ring (bicyclic) bond motifs is 2. The number of hydrogen-bond acceptors (Lipinski definition) is 4. The Hall–Kier alpha value is -1.34. The lowest BCUT2D eigenvalue weighted by Gasteiger charge is -2.57. The van der Waals surface area contributed by atoms with Gasteiger partial charge in [0.05, 0.1) is 6.10 Å². The van der Waals surface area contributed by atoms with Crippen LogP contribution in [0.1, 0.15) is 44.9 Å². The number of nitrogens with one attached hydrogen (secondary N) is 1. The molecule has 156 valence electrons. The van der Waals surface area contributed by atoms with E-state index in [0.717, 1.165) is 58.2 Å². The van der Waals surface area contributed by atoms with Crippen molar-refractivity contribution in [3.63, 3.8) is 0 Å². The number of rotatable bonds is 2. The highest BCUT2D eigenvalue weighted by Crippen LogP contribution is 2.60. The second-order valence-corrected chi connectivity index (χ2v) is 9.17. The van der Waals surface area contributed by atoms with Crippen LogP contribution in [0, 0.1) is 11.3 Å². The van der Waals surface area contributed by atoms with Crippen LogP contribution in [0.25, 0.3) is 0 Å². The van der Waals surface area contributed by atoms with Crippen LogP contribution >= 0.6 is 0 Å². The smallest absolute Gasteiger partial charge is 0.251 e. The lowest BCUT2D eigenvalue weighted by atomic mass is 9.54. The number of carbonyl (C=O) groups is 1. The summed E-state index contributed by atoms with van der Waals surface area (Å²) in [6.45, 7) is 4.82. The average Bonchev–Trinajstić information content (AvgIpc) is 3.49. The molecule has 1 N–H and O–H groups in total. The molecule has 1 amide bonds. The van der Waals surface area contributed by atoms with Crippen LogP contribution in [0.4, 0.5) is 0 Å². The minimum absolute atomic E-state index is 0.176. The number of carbonyl (C=O) groups excluding carboxylic acids is 1. The van der Waals surface area contributed by atoms with Gasteiger partial charge in [0.25, 0.3) is 5.91 Å². The normalized spacial score (nSPS) is 37.2. The van der Waals surface area contributed by atoms with Crippen LogP contribution in [0.3, 0.4) is 0 Å². The van der Waals surface area contributed by atoms with E-state index in [0.29, 0.717) is 23.5 Å². The molecule has 0 aromatic carbocycles. The van der Waals surface area contributed by atoms with E-state index in [1.807, 2.05) is 11.9 Å². The lowest BCUT2D eigenvalue weighted by Crippen LogP contribution is -2.70. The van der Waals surface area contributed by atoms with Gasteiger partial charge < -0.3 is 24.6 Å². The van der Waals surface area contributed by atoms with Crippen LogP contribution in [0.5, 0.6) is 0 Å². The van der Waals surface area contributed by atoms with E-state index in [1.165, 1.54) is 32.1 Å². The number of nitrogens with zero attached hydrogens (tertiary/aromatic N) is 3. The highest BCUT2D eigenvalue weighted by molar-refractivity contribution is 5.83. The van der Waals surface area contributed by atoms with Gasteiger partial charge in [-0.05, 0) is 32.1 Å². The Bertz CT molecular complexity index is 619. The Morgan fingerprint density at radius 3 is 2.43 bits per heavy atom. The second kappa shape index (κ2) is 7.48. The molecule has 2 saturated carbocycles. The molecular formula is C21H34N4O3. The van der Waals surface area contributed by atoms with Gasteiger partial charge >= 0.3 is 0 Å². The quantitative estimate of drug-likeness (QED) is 0.568. The summed E-state index contributed by atoms with van der Waals surface area (Å²) in [6, 6.07) is 0.493. The van der Waals surface area contributed by atoms with E-state index in [4.69, 9.17) is 9.47 Å². The molecular weight excluding hydrogens is 356 g/mol. The summed E-state index contributed by atoms with van der Waals surface area (Å²) in [6.07, 6.45) is 8.52. The van der Waals surface area contributed by atoms with Gasteiger partial charge in [0.15, 0.2) is 5.96 Å². The van der Waals surface area contributed by atoms with E-state index < -0.39 is 0 Å². The van der Waals surface area contributed by atoms with Crippen molar-refractivity contribution >= 4 is 11.9 Å². The van der Waals surface area contributed by atoms with E-state index >= 15 is 0 Å². The number of hydrogen-bond donors (Lipinski definition) is 1. The summed E-state index contributed by atoms with van der Waals surface area (Å²) < 4.78 is 11.7. The van der Waals surface area contributed by atoms with Crippen molar-refractivity contribution in [2.75, 3.05) is 46.4 Å². The zero-order valence-corrected chi connectivity index (χ0v) is 17.1. The molecule has 2 aliphatic carbocycles. The third kappa shape index (κ3) is 2.93. The van der Waals surface area contributed by atoms with E-state index in [2.05, 4.69) is 15.2 Å². The SMILES string of the molecule is CN=C(NC1C2CCOC2C12CCCC2)N1CCN(C(=O)C2CCCO2)CC1. The van der Waals surface area contributed by atoms with Gasteiger partial charge in [-0.1, -0.05) is 12.8 Å². The molecule has 0 aromatic rings. The maximum Gasteiger partial charge on any atom is 0.251 e. The van der Waals surface area contributed by atoms with Crippen molar-refractivity contribution in [3.05, 3.63) is 0 Å². The van der Waals surface area contributed by atoms with Crippen molar-refractivity contribution in [1.82, 2.24) is 15.1 Å². The maximum atomic E-state index is 12.6. The molecule has 3 heterocycles. The number of piperazine rings is 1. The topological polar surface area (TPSA) is 66.4 Å². The summed E-state index contributed by atoms with van der Waals surface area (Å²) in [5, 5.41) is 3.84. The Kier molecular flexibility index (Phi) is 4.99. The van der Waals surface area contributed by atoms with Gasteiger partial charge in [-0.2, -0.15) is 0 Å². The molecule has 4 unspecified atom stereocenters. The average molecular weight is 391 g/mol. The molecule has 3 saturated heterocycles. The maximum absolute atomic E-state index is 12.6. The molecule has 7 heteroatoms. The van der Waals surface area contributed by atoms with Gasteiger partial charge in [0.1, 0.15) is 6.10 Å². The van der Waals surface area contributed by atoms with Crippen LogP contribution in [0.15, 0.2) is 4.99 Å². The molecule has 0 bridgehead atoms. The number of guanidine groups is 1. The minimum atomic E-state index is -0.208. The highest BCUT2D eigenvalue weighted by atomic mass is 16.5. The number of amides is 1. The summed E-state index contributed by atoms with van der Waals surface area (Å²) in [7, 11) is 1.88. The largest absolute Gasteiger partial charge is 0.377 e. The van der Waals surface area contributed by atoms with E-state index in [1.54, 1.807) is 0 Å². The first kappa shape index (κ1) is 18.7. The zero-order chi connectivity index (χ0) is 19.1. The van der Waals surface area contributed by atoms with Crippen molar-refractivity contribution in [3.8, 4) is 0 Å². The molecule has 3 aliphatic heterocycles. The third-order valence-electron chi connectivity index (χ3n) is 7.88. The van der Waals surface area contributed by atoms with Crippen LogP contribution in [-0.4, -0.2) is 86.4 Å². The van der Waals surface area contributed by atoms with Gasteiger partial charge in [-0.15, -0.1) is 0 Å². The Balaban J connectivity index is 1.20. The molecule has 0 aromatic heterocycles. The molecule has 5 fully saturated rings. The molecule has 7 nitrogen and oxygen atoms in total. The monoisotopic (exact) mass is 390 g/mol. The fraction of sp³-hybridized carbons (Fsp3) is 0.905. The Morgan fingerprint density at radius 2 is 1.75 bits per heavy atom. The molecule has 5 rings (SSSR count). The van der Waals surface area contributed by atoms with Gasteiger partial charge in [0, 0.05) is 63.8 Å². The molecule has 4 atom stereocenters. The van der Waals surface area contributed by atoms with E-state index in [9.17, 15) is 4.79 Å². The zero-order valence-electron chi connectivity index (χ0n) is 17.1. The van der Waals surface area contributed by atoms with Crippen molar-refractivity contribution in [1.29, 1.82) is 0 Å². The van der Waals surface area contributed by atoms with Gasteiger partial charge in [-0.25, -0.2) is 0 Å².